The van der Waals surface area contributed by atoms with Gasteiger partial charge in [0.15, 0.2) is 0 Å². The molecular weight excluding hydrogens is 398 g/mol. The van der Waals surface area contributed by atoms with Crippen LogP contribution >= 0.6 is 11.8 Å². The van der Waals surface area contributed by atoms with E-state index in [0.29, 0.717) is 27.6 Å². The van der Waals surface area contributed by atoms with Crippen LogP contribution in [0.25, 0.3) is 0 Å². The van der Waals surface area contributed by atoms with Gasteiger partial charge in [-0.25, -0.2) is 4.99 Å². The van der Waals surface area contributed by atoms with Crippen LogP contribution in [0.4, 0.5) is 5.69 Å². The molecule has 0 aliphatic carbocycles. The van der Waals surface area contributed by atoms with Gasteiger partial charge in [0.1, 0.15) is 10.8 Å². The molecule has 1 aliphatic rings. The Morgan fingerprint density at radius 3 is 2.50 bits per heavy atom. The van der Waals surface area contributed by atoms with E-state index in [2.05, 4.69) is 11.1 Å². The summed E-state index contributed by atoms with van der Waals surface area (Å²) in [7, 11) is 0. The fourth-order valence-electron chi connectivity index (χ4n) is 3.82. The average molecular weight is 420 g/mol. The number of carbonyl (C=O) groups excluding carboxylic acids is 1. The lowest BCUT2D eigenvalue weighted by Crippen LogP contribution is -2.31. The van der Waals surface area contributed by atoms with Crippen molar-refractivity contribution >= 4 is 28.9 Å². The first-order chi connectivity index (χ1) is 14.3. The molecule has 0 aromatic heterocycles. The first-order valence-corrected chi connectivity index (χ1v) is 10.4. The summed E-state index contributed by atoms with van der Waals surface area (Å²) in [6, 6.07) is 16.5. The number of nitro groups is 1. The molecule has 0 saturated heterocycles. The number of Topliss-reactive ketones (excluding diaryl/α,β-unsaturated/α-hetero) is 1. The zero-order valence-corrected chi connectivity index (χ0v) is 17.8. The van der Waals surface area contributed by atoms with Crippen molar-refractivity contribution in [1.82, 2.24) is 0 Å². The lowest BCUT2D eigenvalue weighted by molar-refractivity contribution is -0.385. The molecule has 30 heavy (non-hydrogen) atoms. The molecule has 0 radical (unpaired) electrons. The summed E-state index contributed by atoms with van der Waals surface area (Å²) in [5.74, 6) is -0.657. The van der Waals surface area contributed by atoms with Gasteiger partial charge in [-0.2, -0.15) is 5.26 Å². The van der Waals surface area contributed by atoms with Gasteiger partial charge in [0.05, 0.1) is 22.5 Å². The van der Waals surface area contributed by atoms with Gasteiger partial charge >= 0.3 is 0 Å². The van der Waals surface area contributed by atoms with E-state index in [1.165, 1.54) is 24.8 Å². The molecule has 2 atom stereocenters. The molecule has 0 unspecified atom stereocenters. The molecule has 0 amide bonds. The number of benzene rings is 2. The van der Waals surface area contributed by atoms with Gasteiger partial charge in [0.2, 0.25) is 0 Å². The van der Waals surface area contributed by atoms with Crippen LogP contribution in [-0.2, 0) is 10.5 Å². The molecule has 152 valence electrons. The summed E-state index contributed by atoms with van der Waals surface area (Å²) < 4.78 is 0. The van der Waals surface area contributed by atoms with Crippen molar-refractivity contribution in [2.75, 3.05) is 0 Å². The number of nitrogens with zero attached hydrogens (tertiary/aromatic N) is 3. The van der Waals surface area contributed by atoms with Crippen LogP contribution in [0.5, 0.6) is 0 Å². The summed E-state index contributed by atoms with van der Waals surface area (Å²) in [6.45, 7) is 5.29. The fourth-order valence-corrected chi connectivity index (χ4v) is 4.89. The standard InChI is InChI=1S/C23H21N3O3S/c1-14-8-4-6-10-18(14)22-19(12-24)23(25-15(2)21(22)16(3)27)30-13-17-9-5-7-11-20(17)26(28)29/h4-11,21-22H,13H2,1-3H3/t21-,22+/m1/s1. The molecule has 2 aromatic carbocycles. The molecule has 0 bridgehead atoms. The maximum absolute atomic E-state index is 12.5. The Labute approximate surface area is 179 Å². The molecule has 6 nitrogen and oxygen atoms in total. The van der Waals surface area contributed by atoms with Crippen molar-refractivity contribution in [3.63, 3.8) is 0 Å². The minimum atomic E-state index is -0.504. The number of nitriles is 1. The largest absolute Gasteiger partial charge is 0.299 e. The third-order valence-corrected chi connectivity index (χ3v) is 6.28. The van der Waals surface area contributed by atoms with Gasteiger partial charge in [-0.1, -0.05) is 42.5 Å². The monoisotopic (exact) mass is 419 g/mol. The van der Waals surface area contributed by atoms with Crippen LogP contribution < -0.4 is 0 Å². The van der Waals surface area contributed by atoms with Crippen molar-refractivity contribution in [1.29, 1.82) is 5.26 Å². The summed E-state index contributed by atoms with van der Waals surface area (Å²) in [5, 5.41) is 21.8. The predicted octanol–water partition coefficient (Wildman–Crippen LogP) is 5.34. The molecular formula is C23H21N3O3S. The summed E-state index contributed by atoms with van der Waals surface area (Å²) in [6.07, 6.45) is 0. The quantitative estimate of drug-likeness (QED) is 0.465. The van der Waals surface area contributed by atoms with Crippen molar-refractivity contribution in [2.45, 2.75) is 32.4 Å². The van der Waals surface area contributed by atoms with Gasteiger partial charge < -0.3 is 0 Å². The van der Waals surface area contributed by atoms with Gasteiger partial charge in [-0.05, 0) is 31.9 Å². The highest BCUT2D eigenvalue weighted by Crippen LogP contribution is 2.44. The second-order valence-electron chi connectivity index (χ2n) is 7.18. The summed E-state index contributed by atoms with van der Waals surface area (Å²) in [4.78, 5) is 27.9. The van der Waals surface area contributed by atoms with Gasteiger partial charge in [-0.15, -0.1) is 11.8 Å². The van der Waals surface area contributed by atoms with E-state index in [1.54, 1.807) is 25.1 Å². The van der Waals surface area contributed by atoms with E-state index in [4.69, 9.17) is 0 Å². The normalized spacial score (nSPS) is 18.5. The van der Waals surface area contributed by atoms with E-state index >= 15 is 0 Å². The average Bonchev–Trinajstić information content (AvgIpc) is 2.71. The first kappa shape index (κ1) is 21.5. The lowest BCUT2D eigenvalue weighted by Gasteiger charge is -2.31. The van der Waals surface area contributed by atoms with Crippen molar-refractivity contribution in [3.05, 3.63) is 85.9 Å². The molecule has 1 heterocycles. The van der Waals surface area contributed by atoms with E-state index in [1.807, 2.05) is 31.2 Å². The van der Waals surface area contributed by atoms with Gasteiger partial charge in [0, 0.05) is 29.0 Å². The Kier molecular flexibility index (Phi) is 6.48. The van der Waals surface area contributed by atoms with E-state index in [0.717, 1.165) is 11.1 Å². The van der Waals surface area contributed by atoms with Crippen LogP contribution in [-0.4, -0.2) is 16.4 Å². The Hall–Kier alpha value is -3.24. The lowest BCUT2D eigenvalue weighted by atomic mass is 9.74. The third kappa shape index (κ3) is 4.19. The first-order valence-electron chi connectivity index (χ1n) is 9.45. The molecule has 2 aromatic rings. The summed E-state index contributed by atoms with van der Waals surface area (Å²) in [5.41, 5.74) is 3.61. The van der Waals surface area contributed by atoms with Crippen molar-refractivity contribution in [3.8, 4) is 6.07 Å². The third-order valence-electron chi connectivity index (χ3n) is 5.24. The molecule has 0 spiro atoms. The predicted molar refractivity (Wildman–Crippen MR) is 118 cm³/mol. The fraction of sp³-hybridized carbons (Fsp3) is 0.261. The zero-order chi connectivity index (χ0) is 21.8. The Morgan fingerprint density at radius 2 is 1.87 bits per heavy atom. The maximum atomic E-state index is 12.5. The number of para-hydroxylation sites is 1. The van der Waals surface area contributed by atoms with Gasteiger partial charge in [-0.3, -0.25) is 14.9 Å². The number of aryl methyl sites for hydroxylation is 1. The number of hydrogen-bond acceptors (Lipinski definition) is 6. The van der Waals surface area contributed by atoms with E-state index in [-0.39, 0.29) is 11.5 Å². The molecule has 0 N–H and O–H groups in total. The summed E-state index contributed by atoms with van der Waals surface area (Å²) >= 11 is 1.29. The second kappa shape index (κ2) is 9.06. The van der Waals surface area contributed by atoms with Gasteiger partial charge in [0.25, 0.3) is 5.69 Å². The Morgan fingerprint density at radius 1 is 1.20 bits per heavy atom. The number of carbonyl (C=O) groups is 1. The molecule has 1 aliphatic heterocycles. The second-order valence-corrected chi connectivity index (χ2v) is 8.14. The number of ketones is 1. The molecule has 0 fully saturated rings. The smallest absolute Gasteiger partial charge is 0.273 e. The molecule has 3 rings (SSSR count). The van der Waals surface area contributed by atoms with Crippen LogP contribution in [0, 0.1) is 34.3 Å². The topological polar surface area (TPSA) is 96.4 Å². The highest BCUT2D eigenvalue weighted by Gasteiger charge is 2.38. The SMILES string of the molecule is CC(=O)[C@H]1C(C)=NC(SCc2ccccc2[N+](=O)[O-])=C(C#N)[C@@H]1c1ccccc1C. The number of hydrogen-bond donors (Lipinski definition) is 0. The minimum absolute atomic E-state index is 0.0395. The van der Waals surface area contributed by atoms with Crippen LogP contribution in [0.2, 0.25) is 0 Å². The molecule has 7 heteroatoms. The van der Waals surface area contributed by atoms with Crippen LogP contribution in [0.1, 0.15) is 36.5 Å². The van der Waals surface area contributed by atoms with Crippen molar-refractivity contribution in [2.24, 2.45) is 10.9 Å². The number of aliphatic imine (C=N–C) groups is 1. The van der Waals surface area contributed by atoms with E-state index < -0.39 is 16.8 Å². The Balaban J connectivity index is 2.06. The molecule has 0 saturated carbocycles. The number of allylic oxidation sites excluding steroid dienone is 1. The van der Waals surface area contributed by atoms with E-state index in [9.17, 15) is 20.2 Å². The highest BCUT2D eigenvalue weighted by atomic mass is 32.2. The highest BCUT2D eigenvalue weighted by molar-refractivity contribution is 8.02. The Bertz CT molecular complexity index is 1110. The zero-order valence-electron chi connectivity index (χ0n) is 17.0. The van der Waals surface area contributed by atoms with Crippen LogP contribution in [0.3, 0.4) is 0 Å². The van der Waals surface area contributed by atoms with Crippen molar-refractivity contribution < 1.29 is 9.72 Å². The number of rotatable bonds is 6. The maximum Gasteiger partial charge on any atom is 0.273 e. The number of nitro benzene ring substituents is 1. The van der Waals surface area contributed by atoms with Crippen LogP contribution in [0.15, 0.2) is 64.1 Å². The number of thioether (sulfide) groups is 1. The minimum Gasteiger partial charge on any atom is -0.299 e.